The first-order chi connectivity index (χ1) is 12.4. The minimum atomic E-state index is -4.32. The van der Waals surface area contributed by atoms with Crippen molar-refractivity contribution in [3.05, 3.63) is 35.9 Å². The van der Waals surface area contributed by atoms with Crippen LogP contribution in [0, 0.1) is 0 Å². The van der Waals surface area contributed by atoms with Gasteiger partial charge in [-0.15, -0.1) is 0 Å². The molecule has 0 fully saturated rings. The monoisotopic (exact) mass is 423 g/mol. The van der Waals surface area contributed by atoms with Gasteiger partial charge in [0.25, 0.3) is 10.1 Å². The van der Waals surface area contributed by atoms with E-state index >= 15 is 0 Å². The van der Waals surface area contributed by atoms with Crippen molar-refractivity contribution in [1.82, 2.24) is 10.6 Å². The number of nitrogens with one attached hydrogen (secondary N) is 2. The zero-order valence-corrected chi connectivity index (χ0v) is 16.6. The molecule has 27 heavy (non-hydrogen) atoms. The first-order valence-electron chi connectivity index (χ1n) is 8.16. The quantitative estimate of drug-likeness (QED) is 0.192. The van der Waals surface area contributed by atoms with Crippen LogP contribution in [-0.2, 0) is 26.0 Å². The lowest BCUT2D eigenvalue weighted by molar-refractivity contribution is -0.138. The Labute approximate surface area is 158 Å². The molecule has 0 radical (unpaired) electrons. The third-order valence-corrected chi connectivity index (χ3v) is 6.82. The fraction of sp³-hybridized carbons (Fsp3) is 0.533. The molecule has 0 aliphatic rings. The molecule has 0 aromatic heterocycles. The van der Waals surface area contributed by atoms with Gasteiger partial charge >= 0.3 is 5.97 Å². The minimum absolute atomic E-state index is 0.164. The van der Waals surface area contributed by atoms with E-state index < -0.39 is 53.2 Å². The number of benzene rings is 1. The summed E-state index contributed by atoms with van der Waals surface area (Å²) in [5.74, 6) is -3.10. The molecule has 0 bridgehead atoms. The molecule has 0 aliphatic heterocycles. The number of aliphatic carboxylic acids is 1. The van der Waals surface area contributed by atoms with Crippen LogP contribution in [0.3, 0.4) is 0 Å². The van der Waals surface area contributed by atoms with E-state index in [0.29, 0.717) is 6.54 Å². The molecule has 1 rings (SSSR count). The van der Waals surface area contributed by atoms with Gasteiger partial charge in [-0.1, -0.05) is 30.3 Å². The van der Waals surface area contributed by atoms with Crippen LogP contribution >= 0.6 is 7.37 Å². The molecule has 0 saturated heterocycles. The van der Waals surface area contributed by atoms with Gasteiger partial charge in [0.15, 0.2) is 0 Å². The average molecular weight is 423 g/mol. The van der Waals surface area contributed by atoms with E-state index in [1.165, 1.54) is 6.92 Å². The smallest absolute Gasteiger partial charge is 0.321 e. The van der Waals surface area contributed by atoms with E-state index in [4.69, 9.17) is 10.3 Å². The van der Waals surface area contributed by atoms with Crippen LogP contribution in [0.1, 0.15) is 12.5 Å². The Kier molecular flexibility index (Phi) is 9.03. The van der Waals surface area contributed by atoms with E-state index in [1.54, 1.807) is 12.1 Å². The third kappa shape index (κ3) is 9.43. The summed E-state index contributed by atoms with van der Waals surface area (Å²) < 4.78 is 43.5. The third-order valence-electron chi connectivity index (χ3n) is 3.84. The Hall–Kier alpha value is -1.33. The lowest BCUT2D eigenvalue weighted by Gasteiger charge is -2.24. The van der Waals surface area contributed by atoms with Gasteiger partial charge in [0.1, 0.15) is 6.04 Å². The number of nitrogens with two attached hydrogens (primary N) is 1. The Morgan fingerprint density at radius 2 is 1.85 bits per heavy atom. The van der Waals surface area contributed by atoms with Crippen LogP contribution in [0.2, 0.25) is 0 Å². The van der Waals surface area contributed by atoms with Crippen molar-refractivity contribution in [1.29, 1.82) is 0 Å². The second-order valence-electron chi connectivity index (χ2n) is 6.29. The van der Waals surface area contributed by atoms with Crippen molar-refractivity contribution in [3.8, 4) is 0 Å². The van der Waals surface area contributed by atoms with Crippen molar-refractivity contribution in [3.63, 3.8) is 0 Å². The van der Waals surface area contributed by atoms with Gasteiger partial charge in [0.2, 0.25) is 7.37 Å². The van der Waals surface area contributed by atoms with Crippen molar-refractivity contribution < 1.29 is 32.3 Å². The maximum Gasteiger partial charge on any atom is 0.321 e. The highest BCUT2D eigenvalue weighted by Crippen LogP contribution is 2.43. The molecule has 1 aromatic carbocycles. The van der Waals surface area contributed by atoms with Crippen LogP contribution in [0.25, 0.3) is 0 Å². The molecular weight excluding hydrogens is 397 g/mol. The summed E-state index contributed by atoms with van der Waals surface area (Å²) in [7, 11) is -8.21. The molecule has 154 valence electrons. The van der Waals surface area contributed by atoms with Gasteiger partial charge in [-0.2, -0.15) is 8.42 Å². The van der Waals surface area contributed by atoms with Gasteiger partial charge in [0, 0.05) is 19.1 Å². The van der Waals surface area contributed by atoms with Gasteiger partial charge in [0.05, 0.1) is 17.7 Å². The maximum absolute atomic E-state index is 12.0. The Bertz CT molecular complexity index is 758. The highest BCUT2D eigenvalue weighted by molar-refractivity contribution is 7.85. The summed E-state index contributed by atoms with van der Waals surface area (Å²) in [6.45, 7) is 1.43. The lowest BCUT2D eigenvalue weighted by Crippen LogP contribution is -2.49. The molecule has 0 amide bonds. The highest BCUT2D eigenvalue weighted by atomic mass is 32.2. The number of carbonyl (C=O) groups is 1. The summed E-state index contributed by atoms with van der Waals surface area (Å²) >= 11 is 0. The van der Waals surface area contributed by atoms with Gasteiger partial charge in [-0.3, -0.25) is 13.9 Å². The average Bonchev–Trinajstić information content (AvgIpc) is 2.55. The molecule has 4 unspecified atom stereocenters. The molecule has 10 nitrogen and oxygen atoms in total. The van der Waals surface area contributed by atoms with Crippen molar-refractivity contribution >= 4 is 23.5 Å². The Morgan fingerprint density at radius 1 is 1.26 bits per heavy atom. The van der Waals surface area contributed by atoms with E-state index in [0.717, 1.165) is 5.56 Å². The number of carboxylic acid groups (broad SMARTS) is 1. The van der Waals surface area contributed by atoms with E-state index in [9.17, 15) is 27.8 Å². The van der Waals surface area contributed by atoms with Gasteiger partial charge < -0.3 is 26.4 Å². The molecule has 7 N–H and O–H groups in total. The SMILES string of the molecule is CC(N)P(=O)(O)CC(NCC(CS(=O)(=O)O)NCc1ccccc1)C(=O)O. The minimum Gasteiger partial charge on any atom is -0.480 e. The summed E-state index contributed by atoms with van der Waals surface area (Å²) in [5.41, 5.74) is 6.28. The number of rotatable bonds is 12. The predicted octanol–water partition coefficient (Wildman–Crippen LogP) is -0.349. The topological polar surface area (TPSA) is 179 Å². The molecule has 0 heterocycles. The zero-order valence-electron chi connectivity index (χ0n) is 14.9. The van der Waals surface area contributed by atoms with E-state index in [1.807, 2.05) is 18.2 Å². The fourth-order valence-electron chi connectivity index (χ4n) is 2.24. The second-order valence-corrected chi connectivity index (χ2v) is 10.5. The molecular formula is C15H26N3O7PS. The normalized spacial score (nSPS) is 17.6. The first-order valence-corrected chi connectivity index (χ1v) is 11.7. The maximum atomic E-state index is 12.0. The second kappa shape index (κ2) is 10.3. The summed E-state index contributed by atoms with van der Waals surface area (Å²) in [4.78, 5) is 21.1. The standard InChI is InChI=1S/C15H26N3O7PS/c1-11(16)26(21,22)9-14(15(19)20)18-8-13(10-27(23,24)25)17-7-12-5-3-2-4-6-12/h2-6,11,13-14,17-18H,7-10,16H2,1H3,(H,19,20)(H,21,22)(H,23,24,25). The Morgan fingerprint density at radius 3 is 2.33 bits per heavy atom. The van der Waals surface area contributed by atoms with Crippen molar-refractivity contribution in [2.75, 3.05) is 18.5 Å². The van der Waals surface area contributed by atoms with Crippen LogP contribution in [0.15, 0.2) is 30.3 Å². The summed E-state index contributed by atoms with van der Waals surface area (Å²) in [5, 5.41) is 14.7. The number of hydrogen-bond acceptors (Lipinski definition) is 7. The van der Waals surface area contributed by atoms with Crippen molar-refractivity contribution in [2.45, 2.75) is 31.3 Å². The predicted molar refractivity (Wildman–Crippen MR) is 101 cm³/mol. The molecule has 0 aliphatic carbocycles. The highest BCUT2D eigenvalue weighted by Gasteiger charge is 2.32. The molecule has 0 saturated carbocycles. The van der Waals surface area contributed by atoms with Gasteiger partial charge in [-0.05, 0) is 12.5 Å². The summed E-state index contributed by atoms with van der Waals surface area (Å²) in [6.07, 6.45) is -0.600. The molecule has 1 aromatic rings. The van der Waals surface area contributed by atoms with E-state index in [-0.39, 0.29) is 6.54 Å². The van der Waals surface area contributed by atoms with Gasteiger partial charge in [-0.25, -0.2) is 0 Å². The molecule has 4 atom stereocenters. The summed E-state index contributed by atoms with van der Waals surface area (Å²) in [6, 6.07) is 6.85. The first kappa shape index (κ1) is 23.7. The van der Waals surface area contributed by atoms with Crippen LogP contribution in [0.5, 0.6) is 0 Å². The molecule has 12 heteroatoms. The molecule has 0 spiro atoms. The number of carboxylic acids is 1. The van der Waals surface area contributed by atoms with Crippen LogP contribution in [-0.4, -0.2) is 65.3 Å². The fourth-order valence-corrected chi connectivity index (χ4v) is 4.13. The largest absolute Gasteiger partial charge is 0.480 e. The van der Waals surface area contributed by atoms with E-state index in [2.05, 4.69) is 10.6 Å². The van der Waals surface area contributed by atoms with Crippen molar-refractivity contribution in [2.24, 2.45) is 5.73 Å². The van der Waals surface area contributed by atoms with Crippen LogP contribution < -0.4 is 16.4 Å². The lowest BCUT2D eigenvalue weighted by atomic mass is 10.2. The van der Waals surface area contributed by atoms with Crippen LogP contribution in [0.4, 0.5) is 0 Å². The Balaban J connectivity index is 2.77. The number of hydrogen-bond donors (Lipinski definition) is 6. The zero-order chi connectivity index (χ0) is 20.7.